The van der Waals surface area contributed by atoms with Crippen LogP contribution in [-0.4, -0.2) is 69.9 Å². The lowest BCUT2D eigenvalue weighted by atomic mass is 9.96. The summed E-state index contributed by atoms with van der Waals surface area (Å²) < 4.78 is 1.21. The molecule has 2 aliphatic heterocycles. The number of anilines is 1. The molecule has 4 nitrogen and oxygen atoms in total. The SMILES string of the molecule is C[N+]1(C)CCC(CN[C@@H]2C[C@H]2c2ccccc2)CC1.[I-].c1ccc([C@@H]2C[C@H]2NCC2CCN(c3ccccc3)CC2)cc1. The molecule has 4 atom stereocenters. The van der Waals surface area contributed by atoms with Crippen LogP contribution in [0.3, 0.4) is 0 Å². The Bertz CT molecular complexity index is 1200. The van der Waals surface area contributed by atoms with Gasteiger partial charge in [-0.1, -0.05) is 78.9 Å². The summed E-state index contributed by atoms with van der Waals surface area (Å²) in [5.41, 5.74) is 4.40. The van der Waals surface area contributed by atoms with Crippen molar-refractivity contribution in [2.75, 3.05) is 58.3 Å². The van der Waals surface area contributed by atoms with E-state index in [4.69, 9.17) is 0 Å². The van der Waals surface area contributed by atoms with Gasteiger partial charge in [0.15, 0.2) is 0 Å². The van der Waals surface area contributed by atoms with Gasteiger partial charge in [-0.05, 0) is 73.9 Å². The van der Waals surface area contributed by atoms with Crippen molar-refractivity contribution in [1.29, 1.82) is 0 Å². The zero-order valence-corrected chi connectivity index (χ0v) is 28.5. The van der Waals surface area contributed by atoms with Gasteiger partial charge in [0.25, 0.3) is 0 Å². The fourth-order valence-electron chi connectivity index (χ4n) is 7.17. The van der Waals surface area contributed by atoms with Crippen molar-refractivity contribution in [2.45, 2.75) is 62.4 Å². The van der Waals surface area contributed by atoms with Gasteiger partial charge in [0, 0.05) is 55.5 Å². The van der Waals surface area contributed by atoms with E-state index in [1.54, 1.807) is 0 Å². The van der Waals surface area contributed by atoms with Crippen LogP contribution in [0.5, 0.6) is 0 Å². The predicted molar refractivity (Wildman–Crippen MR) is 177 cm³/mol. The largest absolute Gasteiger partial charge is 1.00 e. The van der Waals surface area contributed by atoms with Crippen LogP contribution in [-0.2, 0) is 0 Å². The average molecular weight is 693 g/mol. The maximum Gasteiger partial charge on any atom is 0.0785 e. The number of hydrogen-bond acceptors (Lipinski definition) is 3. The van der Waals surface area contributed by atoms with Crippen LogP contribution in [0.2, 0.25) is 0 Å². The summed E-state index contributed by atoms with van der Waals surface area (Å²) in [6, 6.07) is 34.2. The quantitative estimate of drug-likeness (QED) is 0.265. The summed E-state index contributed by atoms with van der Waals surface area (Å²) >= 11 is 0. The second-order valence-electron chi connectivity index (χ2n) is 14.1. The highest BCUT2D eigenvalue weighted by molar-refractivity contribution is 5.46. The molecule has 2 saturated carbocycles. The third kappa shape index (κ3) is 9.53. The Balaban J connectivity index is 0.000000170. The molecule has 5 heteroatoms. The highest BCUT2D eigenvalue weighted by Crippen LogP contribution is 2.41. The molecule has 4 aliphatic rings. The van der Waals surface area contributed by atoms with Crippen LogP contribution in [0.15, 0.2) is 91.0 Å². The second-order valence-corrected chi connectivity index (χ2v) is 14.1. The number of nitrogens with one attached hydrogen (secondary N) is 2. The maximum atomic E-state index is 3.81. The van der Waals surface area contributed by atoms with Gasteiger partial charge in [0.2, 0.25) is 0 Å². The monoisotopic (exact) mass is 692 g/mol. The van der Waals surface area contributed by atoms with Crippen LogP contribution in [0.1, 0.15) is 61.5 Å². The summed E-state index contributed by atoms with van der Waals surface area (Å²) in [7, 11) is 4.71. The van der Waals surface area contributed by atoms with E-state index in [9.17, 15) is 0 Å². The minimum atomic E-state index is 0. The number of piperidine rings is 2. The molecule has 232 valence electrons. The zero-order valence-electron chi connectivity index (χ0n) is 26.4. The molecule has 0 aromatic heterocycles. The molecule has 0 amide bonds. The summed E-state index contributed by atoms with van der Waals surface area (Å²) in [5.74, 6) is 3.27. The normalized spacial score (nSPS) is 26.5. The van der Waals surface area contributed by atoms with Gasteiger partial charge in [-0.25, -0.2) is 0 Å². The molecule has 2 N–H and O–H groups in total. The third-order valence-electron chi connectivity index (χ3n) is 10.4. The van der Waals surface area contributed by atoms with Crippen molar-refractivity contribution < 1.29 is 28.5 Å². The highest BCUT2D eigenvalue weighted by atomic mass is 127. The van der Waals surface area contributed by atoms with Gasteiger partial charge in [0.05, 0.1) is 27.2 Å². The molecule has 0 unspecified atom stereocenters. The number of halogens is 1. The van der Waals surface area contributed by atoms with Crippen molar-refractivity contribution in [2.24, 2.45) is 11.8 Å². The molecule has 4 fully saturated rings. The number of hydrogen-bond donors (Lipinski definition) is 2. The number of benzene rings is 3. The van der Waals surface area contributed by atoms with Gasteiger partial charge >= 0.3 is 0 Å². The summed E-state index contributed by atoms with van der Waals surface area (Å²) in [5, 5.41) is 7.61. The first-order valence-corrected chi connectivity index (χ1v) is 16.7. The molecule has 0 spiro atoms. The van der Waals surface area contributed by atoms with E-state index in [2.05, 4.69) is 121 Å². The number of quaternary nitrogens is 1. The van der Waals surface area contributed by atoms with Crippen molar-refractivity contribution in [3.63, 3.8) is 0 Å². The van der Waals surface area contributed by atoms with Crippen LogP contribution in [0, 0.1) is 11.8 Å². The summed E-state index contributed by atoms with van der Waals surface area (Å²) in [4.78, 5) is 2.53. The fraction of sp³-hybridized carbons (Fsp3) is 0.526. The van der Waals surface area contributed by atoms with E-state index in [1.165, 1.54) is 99.1 Å². The molecule has 0 radical (unpaired) electrons. The smallest absolute Gasteiger partial charge is 0.0785 e. The number of para-hydroxylation sites is 1. The van der Waals surface area contributed by atoms with Gasteiger partial charge in [-0.3, -0.25) is 0 Å². The van der Waals surface area contributed by atoms with Crippen LogP contribution >= 0.6 is 0 Å². The van der Waals surface area contributed by atoms with Gasteiger partial charge in [-0.15, -0.1) is 0 Å². The van der Waals surface area contributed by atoms with Crippen molar-refractivity contribution in [3.05, 3.63) is 102 Å². The number of nitrogens with zero attached hydrogens (tertiary/aromatic N) is 2. The van der Waals surface area contributed by atoms with E-state index >= 15 is 0 Å². The van der Waals surface area contributed by atoms with Crippen molar-refractivity contribution in [1.82, 2.24) is 10.6 Å². The third-order valence-corrected chi connectivity index (χ3v) is 10.4. The molecule has 2 heterocycles. The Labute approximate surface area is 278 Å². The van der Waals surface area contributed by atoms with Crippen LogP contribution in [0.25, 0.3) is 0 Å². The van der Waals surface area contributed by atoms with E-state index in [0.29, 0.717) is 6.04 Å². The van der Waals surface area contributed by atoms with Gasteiger partial charge in [-0.2, -0.15) is 0 Å². The zero-order chi connectivity index (χ0) is 28.8. The fourth-order valence-corrected chi connectivity index (χ4v) is 7.17. The van der Waals surface area contributed by atoms with E-state index in [0.717, 1.165) is 29.7 Å². The molecule has 3 aromatic carbocycles. The van der Waals surface area contributed by atoms with Crippen molar-refractivity contribution in [3.8, 4) is 0 Å². The van der Waals surface area contributed by atoms with Gasteiger partial charge in [0.1, 0.15) is 0 Å². The van der Waals surface area contributed by atoms with Crippen molar-refractivity contribution >= 4 is 5.69 Å². The Hall–Kier alpha value is -1.93. The number of likely N-dealkylation sites (tertiary alicyclic amines) is 1. The maximum absolute atomic E-state index is 3.81. The van der Waals surface area contributed by atoms with E-state index in [-0.39, 0.29) is 24.0 Å². The molecule has 2 aliphatic carbocycles. The highest BCUT2D eigenvalue weighted by Gasteiger charge is 2.39. The summed E-state index contributed by atoms with van der Waals surface area (Å²) in [6.45, 7) is 7.51. The first-order chi connectivity index (χ1) is 20.5. The topological polar surface area (TPSA) is 27.3 Å². The first-order valence-electron chi connectivity index (χ1n) is 16.7. The Morgan fingerprint density at radius 3 is 1.49 bits per heavy atom. The second kappa shape index (κ2) is 15.4. The van der Waals surface area contributed by atoms with Crippen LogP contribution in [0.4, 0.5) is 5.69 Å². The molecule has 0 bridgehead atoms. The Morgan fingerprint density at radius 2 is 1.02 bits per heavy atom. The Morgan fingerprint density at radius 1 is 0.605 bits per heavy atom. The van der Waals surface area contributed by atoms with Gasteiger partial charge < -0.3 is 44.0 Å². The van der Waals surface area contributed by atoms with E-state index < -0.39 is 0 Å². The molecule has 2 saturated heterocycles. The predicted octanol–water partition coefficient (Wildman–Crippen LogP) is 3.67. The minimum Gasteiger partial charge on any atom is -1.00 e. The lowest BCUT2D eigenvalue weighted by Gasteiger charge is -2.37. The summed E-state index contributed by atoms with van der Waals surface area (Å²) in [6.07, 6.45) is 8.05. The lowest BCUT2D eigenvalue weighted by molar-refractivity contribution is -0.896. The molecule has 43 heavy (non-hydrogen) atoms. The molecule has 3 aromatic rings. The minimum absolute atomic E-state index is 0. The average Bonchev–Trinajstić information content (AvgIpc) is 3.97. The lowest BCUT2D eigenvalue weighted by Crippen LogP contribution is -3.00. The van der Waals surface area contributed by atoms with Crippen LogP contribution < -0.4 is 39.5 Å². The molecular formula is C38H53IN4. The van der Waals surface area contributed by atoms with E-state index in [1.807, 2.05) is 0 Å². The first kappa shape index (κ1) is 32.5. The standard InChI is InChI=1S/C21H26N2.C17H27N2.HI/c1-3-7-18(8-4-1)20-15-21(20)22-16-17-11-13-23(14-12-17)19-9-5-2-6-10-19;1-19(2)10-8-14(9-11-19)13-18-17-12-16(17)15-6-4-3-5-7-15;/h1-10,17,20-22H,11-16H2;3-7,14,16-18H,8-13H2,1-2H3;1H/q;+1;/p-1/t20-,21+;16-,17+;/m00./s1. The molecule has 7 rings (SSSR count). The Kier molecular flexibility index (Phi) is 11.6. The molecular weight excluding hydrogens is 639 g/mol. The number of rotatable bonds is 9.